The molecule has 0 aromatic rings. The molecule has 0 radical (unpaired) electrons. The Bertz CT molecular complexity index is 28.5. The second kappa shape index (κ2) is 16.7. The second-order valence-electron chi connectivity index (χ2n) is 2.12. The first-order chi connectivity index (χ1) is 3.00. The van der Waals surface area contributed by atoms with Crippen molar-refractivity contribution in [3.8, 4) is 0 Å². The van der Waals surface area contributed by atoms with Crippen molar-refractivity contribution < 1.29 is 0 Å². The third-order valence-corrected chi connectivity index (χ3v) is 1.50. The molecule has 0 saturated heterocycles. The van der Waals surface area contributed by atoms with Crippen LogP contribution >= 0.6 is 47.1 Å². The third kappa shape index (κ3) is 12.0. The van der Waals surface area contributed by atoms with Crippen molar-refractivity contribution >= 4 is 47.1 Å². The number of rotatable bonds is 0. The van der Waals surface area contributed by atoms with Crippen molar-refractivity contribution in [3.63, 3.8) is 0 Å². The summed E-state index contributed by atoms with van der Waals surface area (Å²) in [5.74, 6) is 0. The molecule has 1 fully saturated rings. The lowest BCUT2D eigenvalue weighted by atomic mass is 10.0. The number of hydrogen-bond donors (Lipinski definition) is 0. The molecule has 1 unspecified atom stereocenters. The molecule has 0 N–H and O–H groups in total. The van der Waals surface area contributed by atoms with Crippen LogP contribution in [0.2, 0.25) is 0 Å². The largest absolute Gasteiger partial charge is 0.153 e. The highest BCUT2D eigenvalue weighted by molar-refractivity contribution is 6.92. The Labute approximate surface area is 85.8 Å². The van der Waals surface area contributed by atoms with Gasteiger partial charge in [-0.15, -0.1) is 37.2 Å². The maximum atomic E-state index is 1.50. The van der Waals surface area contributed by atoms with Crippen LogP contribution in [0.5, 0.6) is 0 Å². The first-order valence-corrected chi connectivity index (χ1v) is 3.00. The summed E-state index contributed by atoms with van der Waals surface area (Å²) in [6.45, 7) is 0. The van der Waals surface area contributed by atoms with Gasteiger partial charge in [0.1, 0.15) is 0 Å². The molecular formula is C6H18Cl3P. The molecule has 1 saturated carbocycles. The molecule has 4 heteroatoms. The van der Waals surface area contributed by atoms with Crippen LogP contribution in [0.25, 0.3) is 0 Å². The molecule has 1 atom stereocenters. The van der Waals surface area contributed by atoms with Crippen molar-refractivity contribution in [3.05, 3.63) is 0 Å². The number of halogens is 3. The fraction of sp³-hybridized carbons (Fsp3) is 1.00. The molecule has 1 aliphatic carbocycles. The molecule has 0 aliphatic heterocycles. The topological polar surface area (TPSA) is 0 Å². The molecule has 0 spiro atoms. The van der Waals surface area contributed by atoms with Gasteiger partial charge in [-0.25, -0.2) is 0 Å². The Balaban J connectivity index is -0.0000000450. The lowest BCUT2D eigenvalue weighted by Gasteiger charge is -2.05. The first kappa shape index (κ1) is 22.5. The fourth-order valence-corrected chi connectivity index (χ4v) is 1.06. The van der Waals surface area contributed by atoms with E-state index < -0.39 is 0 Å². The summed E-state index contributed by atoms with van der Waals surface area (Å²) in [5.41, 5.74) is 0. The van der Waals surface area contributed by atoms with E-state index in [2.05, 4.69) is 0 Å². The van der Waals surface area contributed by atoms with Crippen LogP contribution in [0.3, 0.4) is 0 Å². The quantitative estimate of drug-likeness (QED) is 0.554. The van der Waals surface area contributed by atoms with Crippen LogP contribution < -0.4 is 0 Å². The van der Waals surface area contributed by atoms with Crippen LogP contribution in [0.15, 0.2) is 0 Å². The van der Waals surface area contributed by atoms with Crippen LogP contribution in [-0.2, 0) is 0 Å². The van der Waals surface area contributed by atoms with Gasteiger partial charge in [0.05, 0.1) is 0 Å². The van der Waals surface area contributed by atoms with Crippen LogP contribution in [-0.4, -0.2) is 0 Å². The van der Waals surface area contributed by atoms with Gasteiger partial charge < -0.3 is 0 Å². The maximum Gasteiger partial charge on any atom is -0.0533 e. The predicted octanol–water partition coefficient (Wildman–Crippen LogP) is 3.66. The van der Waals surface area contributed by atoms with E-state index >= 15 is 0 Å². The van der Waals surface area contributed by atoms with E-state index in [4.69, 9.17) is 0 Å². The summed E-state index contributed by atoms with van der Waals surface area (Å²) in [6, 6.07) is 0. The Morgan fingerprint density at radius 1 is 0.400 bits per heavy atom. The molecular weight excluding hydrogens is 209 g/mol. The summed E-state index contributed by atoms with van der Waals surface area (Å²) in [7, 11) is 0. The monoisotopic (exact) mass is 226 g/mol. The first-order valence-electron chi connectivity index (χ1n) is 3.00. The number of hydrogen-bond acceptors (Lipinski definition) is 0. The molecule has 0 heterocycles. The summed E-state index contributed by atoms with van der Waals surface area (Å²) < 4.78 is 0. The average Bonchev–Trinajstić information content (AvgIpc) is 1.72. The molecule has 0 aromatic carbocycles. The second-order valence-corrected chi connectivity index (χ2v) is 2.12. The van der Waals surface area contributed by atoms with Gasteiger partial charge in [0.25, 0.3) is 0 Å². The summed E-state index contributed by atoms with van der Waals surface area (Å²) in [6.07, 6.45) is 9.00. The van der Waals surface area contributed by atoms with Crippen LogP contribution in [0.4, 0.5) is 0 Å². The highest BCUT2D eigenvalue weighted by Gasteiger charge is 1.95. The molecule has 0 amide bonds. The van der Waals surface area contributed by atoms with E-state index in [9.17, 15) is 0 Å². The Hall–Kier alpha value is 1.30. The molecule has 1 aliphatic rings. The summed E-state index contributed by atoms with van der Waals surface area (Å²) >= 11 is 0. The van der Waals surface area contributed by atoms with E-state index in [0.29, 0.717) is 0 Å². The highest BCUT2D eigenvalue weighted by atomic mass is 35.5. The smallest absolute Gasteiger partial charge is 0.0533 e. The maximum absolute atomic E-state index is 1.50. The van der Waals surface area contributed by atoms with E-state index in [1.165, 1.54) is 38.5 Å². The SMILES string of the molecule is C1CCCCC1.Cl.Cl.Cl.P. The van der Waals surface area contributed by atoms with Crippen molar-refractivity contribution in [1.82, 2.24) is 0 Å². The van der Waals surface area contributed by atoms with Gasteiger partial charge in [-0.3, -0.25) is 0 Å². The van der Waals surface area contributed by atoms with Gasteiger partial charge >= 0.3 is 0 Å². The highest BCUT2D eigenvalue weighted by Crippen LogP contribution is 2.15. The summed E-state index contributed by atoms with van der Waals surface area (Å²) in [5, 5.41) is 0. The van der Waals surface area contributed by atoms with E-state index in [1.54, 1.807) is 0 Å². The minimum absolute atomic E-state index is 0. The van der Waals surface area contributed by atoms with E-state index in [1.807, 2.05) is 0 Å². The molecule has 0 nitrogen and oxygen atoms in total. The molecule has 1 rings (SSSR count). The third-order valence-electron chi connectivity index (χ3n) is 1.50. The normalized spacial score (nSPS) is 14.4. The molecule has 68 valence electrons. The van der Waals surface area contributed by atoms with E-state index in [-0.39, 0.29) is 47.1 Å². The van der Waals surface area contributed by atoms with Crippen molar-refractivity contribution in [2.45, 2.75) is 38.5 Å². The van der Waals surface area contributed by atoms with Gasteiger partial charge in [0, 0.05) is 0 Å². The van der Waals surface area contributed by atoms with Crippen molar-refractivity contribution in [1.29, 1.82) is 0 Å². The average molecular weight is 228 g/mol. The Morgan fingerprint density at radius 3 is 0.600 bits per heavy atom. The van der Waals surface area contributed by atoms with E-state index in [0.717, 1.165) is 0 Å². The lowest BCUT2D eigenvalue weighted by molar-refractivity contribution is 0.504. The summed E-state index contributed by atoms with van der Waals surface area (Å²) in [4.78, 5) is 0. The van der Waals surface area contributed by atoms with Gasteiger partial charge in [-0.1, -0.05) is 38.5 Å². The van der Waals surface area contributed by atoms with Crippen LogP contribution in [0.1, 0.15) is 38.5 Å². The molecule has 10 heavy (non-hydrogen) atoms. The van der Waals surface area contributed by atoms with Gasteiger partial charge in [0.2, 0.25) is 0 Å². The van der Waals surface area contributed by atoms with Gasteiger partial charge in [-0.05, 0) is 0 Å². The van der Waals surface area contributed by atoms with Crippen LogP contribution in [0, 0.1) is 0 Å². The zero-order chi connectivity index (χ0) is 4.24. The Kier molecular flexibility index (Phi) is 37.6. The van der Waals surface area contributed by atoms with Crippen molar-refractivity contribution in [2.75, 3.05) is 0 Å². The van der Waals surface area contributed by atoms with Gasteiger partial charge in [-0.2, -0.15) is 9.90 Å². The minimum atomic E-state index is 0. The predicted molar refractivity (Wildman–Crippen MR) is 60.6 cm³/mol. The zero-order valence-corrected chi connectivity index (χ0v) is 10.0. The van der Waals surface area contributed by atoms with Crippen molar-refractivity contribution in [2.24, 2.45) is 0 Å². The van der Waals surface area contributed by atoms with Gasteiger partial charge in [0.15, 0.2) is 0 Å². The zero-order valence-electron chi connectivity index (χ0n) is 6.17. The Morgan fingerprint density at radius 2 is 0.500 bits per heavy atom. The molecule has 0 bridgehead atoms. The fourth-order valence-electron chi connectivity index (χ4n) is 1.06. The standard InChI is InChI=1S/C6H12.3ClH.H3P/c1-2-4-6-5-3-1;;;;/h1-6H2;3*1H;1H3. The minimum Gasteiger partial charge on any atom is -0.153 e. The molecule has 0 aromatic heterocycles. The lowest BCUT2D eigenvalue weighted by Crippen LogP contribution is -1.85.